The Hall–Kier alpha value is -3.02. The topological polar surface area (TPSA) is 60.0 Å². The Kier molecular flexibility index (Phi) is 6.51. The van der Waals surface area contributed by atoms with Gasteiger partial charge in [0.1, 0.15) is 5.82 Å². The predicted molar refractivity (Wildman–Crippen MR) is 134 cm³/mol. The fourth-order valence-corrected chi connectivity index (χ4v) is 5.26. The first-order chi connectivity index (χ1) is 16.3. The van der Waals surface area contributed by atoms with E-state index in [4.69, 9.17) is 15.7 Å². The van der Waals surface area contributed by atoms with Crippen LogP contribution in [0.15, 0.2) is 72.9 Å². The molecule has 5 nitrogen and oxygen atoms in total. The lowest BCUT2D eigenvalue weighted by atomic mass is 9.89. The smallest absolute Gasteiger partial charge is 0.124 e. The zero-order valence-corrected chi connectivity index (χ0v) is 19.4. The molecule has 0 bridgehead atoms. The summed E-state index contributed by atoms with van der Waals surface area (Å²) in [6, 6.07) is 24.1. The summed E-state index contributed by atoms with van der Waals surface area (Å²) in [4.78, 5) is 12.6. The van der Waals surface area contributed by atoms with Crippen LogP contribution in [0.1, 0.15) is 60.9 Å². The molecule has 5 heteroatoms. The van der Waals surface area contributed by atoms with Gasteiger partial charge in [0.25, 0.3) is 0 Å². The lowest BCUT2D eigenvalue weighted by Crippen LogP contribution is -2.35. The van der Waals surface area contributed by atoms with E-state index >= 15 is 0 Å². The van der Waals surface area contributed by atoms with E-state index in [1.165, 1.54) is 28.8 Å². The summed E-state index contributed by atoms with van der Waals surface area (Å²) < 4.78 is 2.37. The first kappa shape index (κ1) is 21.8. The molecule has 5 rings (SSSR count). The quantitative estimate of drug-likeness (QED) is 0.398. The molecule has 2 aromatic heterocycles. The van der Waals surface area contributed by atoms with Gasteiger partial charge in [-0.15, -0.1) is 0 Å². The van der Waals surface area contributed by atoms with E-state index in [2.05, 4.69) is 83.1 Å². The van der Waals surface area contributed by atoms with Gasteiger partial charge in [-0.1, -0.05) is 48.5 Å². The number of nitrogens with zero attached hydrogens (tertiary/aromatic N) is 4. The van der Waals surface area contributed by atoms with Gasteiger partial charge in [0, 0.05) is 18.8 Å². The zero-order valence-electron chi connectivity index (χ0n) is 19.4. The van der Waals surface area contributed by atoms with Crippen LogP contribution in [-0.2, 0) is 19.5 Å². The van der Waals surface area contributed by atoms with Crippen LogP contribution in [0.4, 0.5) is 0 Å². The molecule has 0 saturated heterocycles. The van der Waals surface area contributed by atoms with E-state index in [1.54, 1.807) is 0 Å². The number of benzene rings is 2. The highest BCUT2D eigenvalue weighted by Crippen LogP contribution is 2.39. The molecule has 0 fully saturated rings. The highest BCUT2D eigenvalue weighted by atomic mass is 15.2. The Labute approximate surface area is 196 Å². The molecule has 1 aliphatic carbocycles. The van der Waals surface area contributed by atoms with Crippen LogP contribution in [0.2, 0.25) is 0 Å². The number of hydrogen-bond acceptors (Lipinski definition) is 4. The summed E-state index contributed by atoms with van der Waals surface area (Å²) in [6.07, 6.45) is 6.30. The van der Waals surface area contributed by atoms with Crippen molar-refractivity contribution in [1.29, 1.82) is 0 Å². The maximum Gasteiger partial charge on any atom is 0.124 e. The highest BCUT2D eigenvalue weighted by molar-refractivity contribution is 5.75. The molecule has 0 amide bonds. The van der Waals surface area contributed by atoms with E-state index in [0.717, 1.165) is 43.7 Å². The van der Waals surface area contributed by atoms with Crippen LogP contribution < -0.4 is 5.73 Å². The largest absolute Gasteiger partial charge is 0.330 e. The number of para-hydroxylation sites is 2. The maximum atomic E-state index is 5.88. The molecule has 1 aliphatic rings. The molecule has 2 aromatic carbocycles. The highest BCUT2D eigenvalue weighted by Gasteiger charge is 2.32. The van der Waals surface area contributed by atoms with Gasteiger partial charge in [-0.3, -0.25) is 9.88 Å². The van der Waals surface area contributed by atoms with Gasteiger partial charge in [-0.05, 0) is 68.5 Å². The van der Waals surface area contributed by atoms with Crippen LogP contribution in [0.5, 0.6) is 0 Å². The lowest BCUT2D eigenvalue weighted by molar-refractivity contribution is 0.111. The second-order valence-corrected chi connectivity index (χ2v) is 9.03. The molecule has 2 atom stereocenters. The monoisotopic (exact) mass is 439 g/mol. The zero-order chi connectivity index (χ0) is 22.6. The van der Waals surface area contributed by atoms with Crippen LogP contribution >= 0.6 is 0 Å². The summed E-state index contributed by atoms with van der Waals surface area (Å²) in [5.74, 6) is 1.11. The third kappa shape index (κ3) is 4.43. The van der Waals surface area contributed by atoms with Crippen LogP contribution in [0.25, 0.3) is 11.0 Å². The molecular formula is C28H33N5. The van der Waals surface area contributed by atoms with Crippen molar-refractivity contribution in [2.24, 2.45) is 5.73 Å². The number of nitrogens with two attached hydrogens (primary N) is 1. The number of hydrogen-bond donors (Lipinski definition) is 1. The van der Waals surface area contributed by atoms with Crippen molar-refractivity contribution in [3.05, 3.63) is 95.6 Å². The molecule has 33 heavy (non-hydrogen) atoms. The Morgan fingerprint density at radius 3 is 2.73 bits per heavy atom. The lowest BCUT2D eigenvalue weighted by Gasteiger charge is -2.39. The van der Waals surface area contributed by atoms with Gasteiger partial charge < -0.3 is 10.3 Å². The maximum absolute atomic E-state index is 5.88. The minimum absolute atomic E-state index is 0.243. The normalized spacial score (nSPS) is 16.8. The van der Waals surface area contributed by atoms with Gasteiger partial charge in [0.2, 0.25) is 0 Å². The van der Waals surface area contributed by atoms with Crippen molar-refractivity contribution in [2.75, 3.05) is 6.54 Å². The van der Waals surface area contributed by atoms with Crippen molar-refractivity contribution in [3.8, 4) is 0 Å². The van der Waals surface area contributed by atoms with E-state index < -0.39 is 0 Å². The van der Waals surface area contributed by atoms with Crippen molar-refractivity contribution in [2.45, 2.75) is 57.8 Å². The van der Waals surface area contributed by atoms with Gasteiger partial charge in [-0.25, -0.2) is 4.98 Å². The number of imidazole rings is 1. The van der Waals surface area contributed by atoms with Gasteiger partial charge in [-0.2, -0.15) is 0 Å². The number of aromatic nitrogens is 3. The molecule has 2 heterocycles. The SMILES string of the molecule is CC(c1ccccc1)N(Cc1nc2ccccc2n1CCCN)C1CCCc2cccnc21. The molecule has 0 spiro atoms. The standard InChI is InChI=1S/C28H33N5/c1-21(22-10-3-2-4-11-22)33(26-16-7-12-23-13-8-18-30-28(23)26)20-27-31-24-14-5-6-15-25(24)32(27)19-9-17-29/h2-6,8,10-11,13-15,18,21,26H,7,9,12,16-17,19-20,29H2,1H3. The summed E-state index contributed by atoms with van der Waals surface area (Å²) in [6.45, 7) is 4.66. The Balaban J connectivity index is 1.58. The molecule has 0 aliphatic heterocycles. The van der Waals surface area contributed by atoms with Crippen LogP contribution in [0.3, 0.4) is 0 Å². The first-order valence-corrected chi connectivity index (χ1v) is 12.1. The minimum atomic E-state index is 0.243. The van der Waals surface area contributed by atoms with E-state index in [-0.39, 0.29) is 12.1 Å². The molecule has 0 radical (unpaired) electrons. The fourth-order valence-electron chi connectivity index (χ4n) is 5.26. The fraction of sp³-hybridized carbons (Fsp3) is 0.357. The molecule has 2 unspecified atom stereocenters. The van der Waals surface area contributed by atoms with Crippen molar-refractivity contribution >= 4 is 11.0 Å². The molecule has 0 saturated carbocycles. The second-order valence-electron chi connectivity index (χ2n) is 9.03. The third-order valence-electron chi connectivity index (χ3n) is 6.99. The Morgan fingerprint density at radius 1 is 1.06 bits per heavy atom. The average molecular weight is 440 g/mol. The number of rotatable bonds is 8. The number of fused-ring (bicyclic) bond motifs is 2. The molecule has 170 valence electrons. The summed E-state index contributed by atoms with van der Waals surface area (Å²) in [5, 5.41) is 0. The Morgan fingerprint density at radius 2 is 1.88 bits per heavy atom. The second kappa shape index (κ2) is 9.86. The number of aryl methyl sites for hydroxylation is 2. The summed E-state index contributed by atoms with van der Waals surface area (Å²) >= 11 is 0. The van der Waals surface area contributed by atoms with Gasteiger partial charge in [0.05, 0.1) is 29.3 Å². The molecule has 4 aromatic rings. The molecule has 2 N–H and O–H groups in total. The molecular weight excluding hydrogens is 406 g/mol. The van der Waals surface area contributed by atoms with E-state index in [9.17, 15) is 0 Å². The van der Waals surface area contributed by atoms with Gasteiger partial charge >= 0.3 is 0 Å². The minimum Gasteiger partial charge on any atom is -0.330 e. The Bertz CT molecular complexity index is 1200. The van der Waals surface area contributed by atoms with Crippen molar-refractivity contribution in [3.63, 3.8) is 0 Å². The van der Waals surface area contributed by atoms with E-state index in [1.807, 2.05) is 6.20 Å². The average Bonchev–Trinajstić information content (AvgIpc) is 3.23. The number of pyridine rings is 1. The summed E-state index contributed by atoms with van der Waals surface area (Å²) in [7, 11) is 0. The predicted octanol–water partition coefficient (Wildman–Crippen LogP) is 5.42. The summed E-state index contributed by atoms with van der Waals surface area (Å²) in [5.41, 5.74) is 12.1. The first-order valence-electron chi connectivity index (χ1n) is 12.1. The van der Waals surface area contributed by atoms with Gasteiger partial charge in [0.15, 0.2) is 0 Å². The van der Waals surface area contributed by atoms with Crippen LogP contribution in [0, 0.1) is 0 Å². The van der Waals surface area contributed by atoms with Crippen LogP contribution in [-0.4, -0.2) is 26.0 Å². The third-order valence-corrected chi connectivity index (χ3v) is 6.99. The van der Waals surface area contributed by atoms with Crippen molar-refractivity contribution < 1.29 is 0 Å². The van der Waals surface area contributed by atoms with Crippen molar-refractivity contribution in [1.82, 2.24) is 19.4 Å². The van der Waals surface area contributed by atoms with E-state index in [0.29, 0.717) is 6.54 Å².